The maximum Gasteiger partial charge on any atom is 0.258 e. The van der Waals surface area contributed by atoms with Crippen LogP contribution in [0.25, 0.3) is 22.8 Å². The van der Waals surface area contributed by atoms with Gasteiger partial charge in [0.1, 0.15) is 5.75 Å². The second-order valence-electron chi connectivity index (χ2n) is 6.55. The van der Waals surface area contributed by atoms with Crippen LogP contribution in [-0.2, 0) is 6.54 Å². The monoisotopic (exact) mass is 360 g/mol. The van der Waals surface area contributed by atoms with Crippen LogP contribution in [0, 0.1) is 0 Å². The molecule has 0 radical (unpaired) electrons. The lowest BCUT2D eigenvalue weighted by Crippen LogP contribution is -2.05. The Kier molecular flexibility index (Phi) is 4.70. The average molecular weight is 360 g/mol. The molecular weight excluding hydrogens is 340 g/mol. The van der Waals surface area contributed by atoms with Crippen LogP contribution in [0.4, 0.5) is 0 Å². The standard InChI is InChI=1S/C21H20N4O2/c1-15(2)26-19-9-7-18(8-10-19)21-23-20(24-27-21)17-5-3-16(4-6-17)13-25-12-11-22-14-25/h3-12,14-15H,13H2,1-2H3. The maximum atomic E-state index is 5.66. The van der Waals surface area contributed by atoms with Gasteiger partial charge in [-0.15, -0.1) is 0 Å². The summed E-state index contributed by atoms with van der Waals surface area (Å²) in [7, 11) is 0. The molecule has 0 atom stereocenters. The van der Waals surface area contributed by atoms with E-state index in [1.165, 1.54) is 5.56 Å². The van der Waals surface area contributed by atoms with E-state index in [1.807, 2.05) is 61.0 Å². The molecule has 4 aromatic rings. The van der Waals surface area contributed by atoms with E-state index in [4.69, 9.17) is 9.26 Å². The van der Waals surface area contributed by atoms with E-state index < -0.39 is 0 Å². The van der Waals surface area contributed by atoms with Gasteiger partial charge in [-0.25, -0.2) is 4.98 Å². The van der Waals surface area contributed by atoms with Crippen molar-refractivity contribution in [3.63, 3.8) is 0 Å². The van der Waals surface area contributed by atoms with Crippen molar-refractivity contribution in [3.8, 4) is 28.6 Å². The second-order valence-corrected chi connectivity index (χ2v) is 6.55. The number of ether oxygens (including phenoxy) is 1. The van der Waals surface area contributed by atoms with Crippen LogP contribution in [0.1, 0.15) is 19.4 Å². The van der Waals surface area contributed by atoms with Crippen molar-refractivity contribution < 1.29 is 9.26 Å². The molecular formula is C21H20N4O2. The summed E-state index contributed by atoms with van der Waals surface area (Å²) in [5, 5.41) is 4.11. The molecule has 4 rings (SSSR count). The Bertz CT molecular complexity index is 988. The summed E-state index contributed by atoms with van der Waals surface area (Å²) >= 11 is 0. The fraction of sp³-hybridized carbons (Fsp3) is 0.190. The van der Waals surface area contributed by atoms with Crippen LogP contribution in [0.2, 0.25) is 0 Å². The summed E-state index contributed by atoms with van der Waals surface area (Å²) in [4.78, 5) is 8.57. The van der Waals surface area contributed by atoms with Crippen LogP contribution >= 0.6 is 0 Å². The van der Waals surface area contributed by atoms with Crippen LogP contribution in [0.15, 0.2) is 71.8 Å². The van der Waals surface area contributed by atoms with E-state index in [9.17, 15) is 0 Å². The van der Waals surface area contributed by atoms with E-state index in [1.54, 1.807) is 12.5 Å². The van der Waals surface area contributed by atoms with Crippen molar-refractivity contribution in [3.05, 3.63) is 72.8 Å². The van der Waals surface area contributed by atoms with Crippen molar-refractivity contribution in [2.75, 3.05) is 0 Å². The minimum Gasteiger partial charge on any atom is -0.491 e. The highest BCUT2D eigenvalue weighted by molar-refractivity contribution is 5.60. The number of imidazole rings is 1. The predicted octanol–water partition coefficient (Wildman–Crippen LogP) is 4.44. The number of rotatable bonds is 6. The minimum absolute atomic E-state index is 0.141. The summed E-state index contributed by atoms with van der Waals surface area (Å²) in [5.41, 5.74) is 2.96. The summed E-state index contributed by atoms with van der Waals surface area (Å²) in [6.07, 6.45) is 5.66. The molecule has 6 nitrogen and oxygen atoms in total. The third kappa shape index (κ3) is 4.06. The zero-order chi connectivity index (χ0) is 18.6. The topological polar surface area (TPSA) is 66.0 Å². The number of nitrogens with zero attached hydrogens (tertiary/aromatic N) is 4. The van der Waals surface area contributed by atoms with Crippen LogP contribution in [-0.4, -0.2) is 25.8 Å². The SMILES string of the molecule is CC(C)Oc1ccc(-c2nc(-c3ccc(Cn4ccnc4)cc3)no2)cc1. The van der Waals surface area contributed by atoms with E-state index in [0.29, 0.717) is 11.7 Å². The lowest BCUT2D eigenvalue weighted by molar-refractivity contribution is 0.242. The summed E-state index contributed by atoms with van der Waals surface area (Å²) in [5.74, 6) is 1.88. The highest BCUT2D eigenvalue weighted by atomic mass is 16.5. The molecule has 2 heterocycles. The van der Waals surface area contributed by atoms with E-state index >= 15 is 0 Å². The number of hydrogen-bond donors (Lipinski definition) is 0. The zero-order valence-corrected chi connectivity index (χ0v) is 15.2. The van der Waals surface area contributed by atoms with Gasteiger partial charge in [-0.2, -0.15) is 4.98 Å². The molecule has 136 valence electrons. The third-order valence-electron chi connectivity index (χ3n) is 4.04. The smallest absolute Gasteiger partial charge is 0.258 e. The molecule has 0 aliphatic carbocycles. The predicted molar refractivity (Wildman–Crippen MR) is 102 cm³/mol. The maximum absolute atomic E-state index is 5.66. The Morgan fingerprint density at radius 1 is 1.00 bits per heavy atom. The van der Waals surface area contributed by atoms with E-state index in [-0.39, 0.29) is 6.10 Å². The first-order chi connectivity index (χ1) is 13.2. The molecule has 27 heavy (non-hydrogen) atoms. The van der Waals surface area contributed by atoms with Crippen molar-refractivity contribution in [2.24, 2.45) is 0 Å². The van der Waals surface area contributed by atoms with E-state index in [2.05, 4.69) is 27.3 Å². The number of aromatic nitrogens is 4. The van der Waals surface area contributed by atoms with Crippen molar-refractivity contribution in [1.29, 1.82) is 0 Å². The third-order valence-corrected chi connectivity index (χ3v) is 4.04. The van der Waals surface area contributed by atoms with Crippen LogP contribution < -0.4 is 4.74 Å². The van der Waals surface area contributed by atoms with Gasteiger partial charge in [0.2, 0.25) is 5.82 Å². The number of hydrogen-bond acceptors (Lipinski definition) is 5. The molecule has 0 saturated carbocycles. The molecule has 0 saturated heterocycles. The summed E-state index contributed by atoms with van der Waals surface area (Å²) < 4.78 is 13.1. The molecule has 0 bridgehead atoms. The van der Waals surface area contributed by atoms with Crippen LogP contribution in [0.3, 0.4) is 0 Å². The zero-order valence-electron chi connectivity index (χ0n) is 15.2. The fourth-order valence-corrected chi connectivity index (χ4v) is 2.76. The molecule has 2 aromatic carbocycles. The molecule has 2 aromatic heterocycles. The Balaban J connectivity index is 1.48. The molecule has 0 fully saturated rings. The Hall–Kier alpha value is -3.41. The van der Waals surface area contributed by atoms with Gasteiger partial charge in [0, 0.05) is 30.1 Å². The lowest BCUT2D eigenvalue weighted by Gasteiger charge is -2.09. The van der Waals surface area contributed by atoms with Crippen molar-refractivity contribution in [1.82, 2.24) is 19.7 Å². The molecule has 0 unspecified atom stereocenters. The van der Waals surface area contributed by atoms with Gasteiger partial charge in [-0.1, -0.05) is 29.4 Å². The molecule has 0 amide bonds. The first-order valence-electron chi connectivity index (χ1n) is 8.83. The van der Waals surface area contributed by atoms with Gasteiger partial charge >= 0.3 is 0 Å². The molecule has 0 aliphatic rings. The van der Waals surface area contributed by atoms with Gasteiger partial charge in [0.05, 0.1) is 12.4 Å². The Morgan fingerprint density at radius 3 is 2.41 bits per heavy atom. The lowest BCUT2D eigenvalue weighted by atomic mass is 10.1. The molecule has 0 spiro atoms. The first kappa shape index (κ1) is 17.0. The average Bonchev–Trinajstić information content (AvgIpc) is 3.35. The fourth-order valence-electron chi connectivity index (χ4n) is 2.76. The van der Waals surface area contributed by atoms with Gasteiger partial charge in [-0.3, -0.25) is 0 Å². The van der Waals surface area contributed by atoms with E-state index in [0.717, 1.165) is 23.4 Å². The Labute approximate surface area is 157 Å². The van der Waals surface area contributed by atoms with Gasteiger partial charge in [-0.05, 0) is 43.7 Å². The highest BCUT2D eigenvalue weighted by Gasteiger charge is 2.11. The quantitative estimate of drug-likeness (QED) is 0.509. The minimum atomic E-state index is 0.141. The first-order valence-corrected chi connectivity index (χ1v) is 8.83. The largest absolute Gasteiger partial charge is 0.491 e. The second kappa shape index (κ2) is 7.45. The molecule has 0 aliphatic heterocycles. The van der Waals surface area contributed by atoms with Gasteiger partial charge in [0.15, 0.2) is 0 Å². The molecule has 0 N–H and O–H groups in total. The summed E-state index contributed by atoms with van der Waals surface area (Å²) in [6, 6.07) is 15.8. The van der Waals surface area contributed by atoms with Crippen molar-refractivity contribution in [2.45, 2.75) is 26.5 Å². The Morgan fingerprint density at radius 2 is 1.74 bits per heavy atom. The van der Waals surface area contributed by atoms with Crippen molar-refractivity contribution >= 4 is 0 Å². The highest BCUT2D eigenvalue weighted by Crippen LogP contribution is 2.24. The molecule has 6 heteroatoms. The normalized spacial score (nSPS) is 11.1. The van der Waals surface area contributed by atoms with Crippen LogP contribution in [0.5, 0.6) is 5.75 Å². The number of benzene rings is 2. The summed E-state index contributed by atoms with van der Waals surface area (Å²) in [6.45, 7) is 4.78. The van der Waals surface area contributed by atoms with Gasteiger partial charge in [0.25, 0.3) is 5.89 Å². The van der Waals surface area contributed by atoms with Gasteiger partial charge < -0.3 is 13.8 Å².